The van der Waals surface area contributed by atoms with Crippen molar-refractivity contribution in [3.05, 3.63) is 94.0 Å². The van der Waals surface area contributed by atoms with Crippen LogP contribution in [0.5, 0.6) is 0 Å². The number of anilines is 3. The maximum atomic E-state index is 13.0. The van der Waals surface area contributed by atoms with Gasteiger partial charge >= 0.3 is 0 Å². The van der Waals surface area contributed by atoms with Crippen LogP contribution < -0.4 is 16.2 Å². The first-order chi connectivity index (χ1) is 16.7. The highest BCUT2D eigenvalue weighted by molar-refractivity contribution is 6.04. The van der Waals surface area contributed by atoms with Crippen molar-refractivity contribution < 1.29 is 9.90 Å². The number of carbonyl (C=O) groups is 1. The summed E-state index contributed by atoms with van der Waals surface area (Å²) in [5.41, 5.74) is 4.06. The molecule has 0 aliphatic heterocycles. The Morgan fingerprint density at radius 3 is 2.63 bits per heavy atom. The molecule has 5 rings (SSSR count). The van der Waals surface area contributed by atoms with Gasteiger partial charge in [-0.3, -0.25) is 9.59 Å². The van der Waals surface area contributed by atoms with Gasteiger partial charge in [0.05, 0.1) is 22.8 Å². The molecule has 0 radical (unpaired) electrons. The molecule has 0 bridgehead atoms. The monoisotopic (exact) mass is 468 g/mol. The van der Waals surface area contributed by atoms with Gasteiger partial charge in [-0.2, -0.15) is 0 Å². The quantitative estimate of drug-likeness (QED) is 0.376. The van der Waals surface area contributed by atoms with E-state index >= 15 is 0 Å². The summed E-state index contributed by atoms with van der Waals surface area (Å²) in [7, 11) is 1.67. The Morgan fingerprint density at radius 2 is 1.86 bits per heavy atom. The molecule has 1 aliphatic carbocycles. The molecule has 178 valence electrons. The maximum absolute atomic E-state index is 13.0. The molecule has 4 aromatic rings. The molecule has 35 heavy (non-hydrogen) atoms. The number of benzene rings is 3. The molecule has 1 unspecified atom stereocenters. The van der Waals surface area contributed by atoms with Gasteiger partial charge in [-0.1, -0.05) is 18.2 Å². The lowest BCUT2D eigenvalue weighted by atomic mass is 9.90. The lowest BCUT2D eigenvalue weighted by Gasteiger charge is -2.24. The van der Waals surface area contributed by atoms with E-state index in [0.717, 1.165) is 35.3 Å². The van der Waals surface area contributed by atoms with Crippen LogP contribution in [0, 0.1) is 12.8 Å². The Bertz CT molecular complexity index is 1500. The van der Waals surface area contributed by atoms with Crippen LogP contribution in [0.15, 0.2) is 71.8 Å². The van der Waals surface area contributed by atoms with Crippen molar-refractivity contribution in [2.45, 2.75) is 32.3 Å². The molecule has 0 spiro atoms. The highest BCUT2D eigenvalue weighted by atomic mass is 16.3. The minimum Gasteiger partial charge on any atom is -0.385 e. The van der Waals surface area contributed by atoms with E-state index in [9.17, 15) is 14.7 Å². The fraction of sp³-hybridized carbons (Fsp3) is 0.250. The Labute approximate surface area is 203 Å². The molecule has 1 aromatic heterocycles. The number of aliphatic hydroxyl groups is 1. The molecule has 7 nitrogen and oxygen atoms in total. The molecule has 7 heteroatoms. The lowest BCUT2D eigenvalue weighted by Crippen LogP contribution is -2.24. The predicted octanol–water partition coefficient (Wildman–Crippen LogP) is 4.86. The molecule has 1 amide bonds. The van der Waals surface area contributed by atoms with E-state index in [4.69, 9.17) is 0 Å². The van der Waals surface area contributed by atoms with E-state index in [1.807, 2.05) is 56.3 Å². The van der Waals surface area contributed by atoms with Crippen LogP contribution in [-0.2, 0) is 12.6 Å². The van der Waals surface area contributed by atoms with Crippen LogP contribution >= 0.6 is 0 Å². The Kier molecular flexibility index (Phi) is 5.65. The zero-order valence-electron chi connectivity index (χ0n) is 20.0. The van der Waals surface area contributed by atoms with Crippen LogP contribution in [0.25, 0.3) is 10.9 Å². The van der Waals surface area contributed by atoms with Crippen molar-refractivity contribution in [3.63, 3.8) is 0 Å². The molecule has 1 saturated carbocycles. The minimum absolute atomic E-state index is 0.112. The van der Waals surface area contributed by atoms with Gasteiger partial charge in [0.2, 0.25) is 0 Å². The van der Waals surface area contributed by atoms with Crippen molar-refractivity contribution in [3.8, 4) is 0 Å². The molecule has 3 N–H and O–H groups in total. The van der Waals surface area contributed by atoms with Crippen molar-refractivity contribution in [2.75, 3.05) is 10.6 Å². The summed E-state index contributed by atoms with van der Waals surface area (Å²) in [6.07, 6.45) is 3.52. The third kappa shape index (κ3) is 4.55. The highest BCUT2D eigenvalue weighted by Gasteiger charge is 2.41. The first-order valence-electron chi connectivity index (χ1n) is 11.7. The number of fused-ring (bicyclic) bond motifs is 1. The average Bonchev–Trinajstić information content (AvgIpc) is 3.70. The second-order valence-corrected chi connectivity index (χ2v) is 9.50. The van der Waals surface area contributed by atoms with Gasteiger partial charge in [0.1, 0.15) is 0 Å². The number of aromatic nitrogens is 2. The number of amides is 1. The Hall–Kier alpha value is -3.97. The van der Waals surface area contributed by atoms with Gasteiger partial charge < -0.3 is 20.3 Å². The average molecular weight is 469 g/mol. The van der Waals surface area contributed by atoms with Crippen LogP contribution in [0.4, 0.5) is 17.1 Å². The van der Waals surface area contributed by atoms with Crippen LogP contribution in [0.1, 0.15) is 41.3 Å². The molecule has 3 aromatic carbocycles. The first-order valence-corrected chi connectivity index (χ1v) is 11.7. The molecule has 1 aliphatic rings. The zero-order valence-corrected chi connectivity index (χ0v) is 20.0. The number of hydrogen-bond donors (Lipinski definition) is 3. The van der Waals surface area contributed by atoms with Gasteiger partial charge in [-0.15, -0.1) is 0 Å². The zero-order chi connectivity index (χ0) is 24.7. The summed E-state index contributed by atoms with van der Waals surface area (Å²) in [6, 6.07) is 18.3. The normalized spacial score (nSPS) is 15.0. The topological polar surface area (TPSA) is 96.2 Å². The predicted molar refractivity (Wildman–Crippen MR) is 138 cm³/mol. The minimum atomic E-state index is -0.923. The highest BCUT2D eigenvalue weighted by Crippen LogP contribution is 2.45. The van der Waals surface area contributed by atoms with Crippen molar-refractivity contribution in [2.24, 2.45) is 13.0 Å². The summed E-state index contributed by atoms with van der Waals surface area (Å²) >= 11 is 0. The molecule has 1 atom stereocenters. The summed E-state index contributed by atoms with van der Waals surface area (Å²) in [5, 5.41) is 17.7. The number of nitrogens with one attached hydrogen (secondary N) is 2. The number of aryl methyl sites for hydroxylation is 2. The largest absolute Gasteiger partial charge is 0.385 e. The van der Waals surface area contributed by atoms with Crippen molar-refractivity contribution in [1.82, 2.24) is 9.55 Å². The van der Waals surface area contributed by atoms with Gasteiger partial charge in [0, 0.05) is 29.7 Å². The second-order valence-electron chi connectivity index (χ2n) is 9.50. The van der Waals surface area contributed by atoms with Crippen molar-refractivity contribution >= 4 is 33.9 Å². The van der Waals surface area contributed by atoms with Crippen LogP contribution in [0.3, 0.4) is 0 Å². The summed E-state index contributed by atoms with van der Waals surface area (Å²) in [5.74, 6) is 0.00570. The SMILES string of the molecule is Cc1ccc(NC(=O)c2cccc(C(C)(O)C3CC3)c2)cc1Nc1ccc2ncn(C)c(=O)c2c1. The van der Waals surface area contributed by atoms with E-state index in [-0.39, 0.29) is 17.4 Å². The molecular weight excluding hydrogens is 440 g/mol. The fourth-order valence-electron chi connectivity index (χ4n) is 4.34. The van der Waals surface area contributed by atoms with Crippen LogP contribution in [-0.4, -0.2) is 20.6 Å². The lowest BCUT2D eigenvalue weighted by molar-refractivity contribution is 0.0330. The number of carbonyl (C=O) groups excluding carboxylic acids is 1. The molecule has 1 fully saturated rings. The van der Waals surface area contributed by atoms with Gasteiger partial charge in [0.15, 0.2) is 0 Å². The number of hydrogen-bond acceptors (Lipinski definition) is 5. The van der Waals surface area contributed by atoms with Gasteiger partial charge in [0.25, 0.3) is 11.5 Å². The number of nitrogens with zero attached hydrogens (tertiary/aromatic N) is 2. The summed E-state index contributed by atoms with van der Waals surface area (Å²) in [6.45, 7) is 3.79. The molecule has 1 heterocycles. The van der Waals surface area contributed by atoms with Crippen LogP contribution in [0.2, 0.25) is 0 Å². The van der Waals surface area contributed by atoms with E-state index in [2.05, 4.69) is 15.6 Å². The fourth-order valence-corrected chi connectivity index (χ4v) is 4.34. The summed E-state index contributed by atoms with van der Waals surface area (Å²) < 4.78 is 1.45. The number of rotatable bonds is 6. The summed E-state index contributed by atoms with van der Waals surface area (Å²) in [4.78, 5) is 29.7. The smallest absolute Gasteiger partial charge is 0.260 e. The van der Waals surface area contributed by atoms with E-state index < -0.39 is 5.60 Å². The third-order valence-electron chi connectivity index (χ3n) is 6.77. The van der Waals surface area contributed by atoms with E-state index in [0.29, 0.717) is 22.2 Å². The Balaban J connectivity index is 1.37. The Morgan fingerprint density at radius 1 is 1.09 bits per heavy atom. The van der Waals surface area contributed by atoms with E-state index in [1.165, 1.54) is 10.9 Å². The van der Waals surface area contributed by atoms with Gasteiger partial charge in [-0.05, 0) is 86.2 Å². The van der Waals surface area contributed by atoms with Crippen molar-refractivity contribution in [1.29, 1.82) is 0 Å². The van der Waals surface area contributed by atoms with Gasteiger partial charge in [-0.25, -0.2) is 4.98 Å². The molecule has 0 saturated heterocycles. The second kappa shape index (κ2) is 8.67. The standard InChI is InChI=1S/C28H28N4O3/c1-17-7-10-22(31-26(33)18-5-4-6-20(13-18)28(2,35)19-8-9-19)15-25(17)30-21-11-12-24-23(14-21)27(34)32(3)16-29-24/h4-7,10-16,19,30,35H,8-9H2,1-3H3,(H,31,33). The van der Waals surface area contributed by atoms with E-state index in [1.54, 1.807) is 25.2 Å². The molecular formula is C28H28N4O3. The third-order valence-corrected chi connectivity index (χ3v) is 6.77. The first kappa shape index (κ1) is 22.8. The maximum Gasteiger partial charge on any atom is 0.260 e.